The van der Waals surface area contributed by atoms with E-state index >= 15 is 0 Å². The summed E-state index contributed by atoms with van der Waals surface area (Å²) in [5.41, 5.74) is 3.96. The molecule has 0 atom stereocenters. The Morgan fingerprint density at radius 3 is 2.48 bits per heavy atom. The number of rotatable bonds is 5. The van der Waals surface area contributed by atoms with Gasteiger partial charge in [-0.2, -0.15) is 9.41 Å². The van der Waals surface area contributed by atoms with Crippen LogP contribution in [-0.2, 0) is 14.8 Å². The molecule has 0 radical (unpaired) electrons. The molecule has 0 saturated carbocycles. The highest BCUT2D eigenvalue weighted by molar-refractivity contribution is 7.89. The molecule has 0 unspecified atom stereocenters. The molecule has 0 bridgehead atoms. The molecule has 1 aliphatic rings. The minimum absolute atomic E-state index is 0.221. The zero-order valence-corrected chi connectivity index (χ0v) is 15.6. The second kappa shape index (κ2) is 8.38. The SMILES string of the molecule is C/C(=N\NC(=O)c1ccccn1)c1ccc(S(=O)(=O)N2CCOCC2)cc1. The van der Waals surface area contributed by atoms with Gasteiger partial charge in [0.25, 0.3) is 5.91 Å². The molecule has 1 fully saturated rings. The molecule has 3 rings (SSSR count). The van der Waals surface area contributed by atoms with Crippen LogP contribution < -0.4 is 5.43 Å². The van der Waals surface area contributed by atoms with E-state index in [0.29, 0.717) is 37.6 Å². The molecule has 8 nitrogen and oxygen atoms in total. The number of hydrazone groups is 1. The third-order valence-electron chi connectivity index (χ3n) is 4.10. The van der Waals surface area contributed by atoms with Crippen LogP contribution in [0, 0.1) is 0 Å². The van der Waals surface area contributed by atoms with E-state index in [1.807, 2.05) is 0 Å². The topological polar surface area (TPSA) is 101 Å². The van der Waals surface area contributed by atoms with E-state index < -0.39 is 15.9 Å². The van der Waals surface area contributed by atoms with Crippen LogP contribution in [0.2, 0.25) is 0 Å². The molecule has 2 heterocycles. The van der Waals surface area contributed by atoms with E-state index in [1.165, 1.54) is 10.5 Å². The van der Waals surface area contributed by atoms with E-state index in [4.69, 9.17) is 4.74 Å². The quantitative estimate of drug-likeness (QED) is 0.614. The predicted molar refractivity (Wildman–Crippen MR) is 99.9 cm³/mol. The molecule has 1 saturated heterocycles. The Bertz CT molecular complexity index is 922. The molecule has 2 aromatic rings. The van der Waals surface area contributed by atoms with Crippen molar-refractivity contribution >= 4 is 21.6 Å². The Morgan fingerprint density at radius 1 is 1.15 bits per heavy atom. The summed E-state index contributed by atoms with van der Waals surface area (Å²) in [5.74, 6) is -0.415. The Hall–Kier alpha value is -2.62. The number of carbonyl (C=O) groups is 1. The maximum Gasteiger partial charge on any atom is 0.289 e. The lowest BCUT2D eigenvalue weighted by atomic mass is 10.1. The molecular formula is C18H20N4O4S. The second-order valence-corrected chi connectivity index (χ2v) is 7.83. The highest BCUT2D eigenvalue weighted by Gasteiger charge is 2.26. The smallest absolute Gasteiger partial charge is 0.289 e. The van der Waals surface area contributed by atoms with Gasteiger partial charge in [0.05, 0.1) is 23.8 Å². The number of hydrogen-bond donors (Lipinski definition) is 1. The van der Waals surface area contributed by atoms with Crippen molar-refractivity contribution < 1.29 is 17.9 Å². The van der Waals surface area contributed by atoms with Gasteiger partial charge in [0.2, 0.25) is 10.0 Å². The third kappa shape index (κ3) is 4.57. The Morgan fingerprint density at radius 2 is 1.85 bits per heavy atom. The van der Waals surface area contributed by atoms with Gasteiger partial charge in [-0.05, 0) is 36.8 Å². The van der Waals surface area contributed by atoms with E-state index in [0.717, 1.165) is 0 Å². The van der Waals surface area contributed by atoms with Gasteiger partial charge in [0.1, 0.15) is 5.69 Å². The summed E-state index contributed by atoms with van der Waals surface area (Å²) in [4.78, 5) is 16.1. The molecule has 142 valence electrons. The first-order valence-corrected chi connectivity index (χ1v) is 9.86. The van der Waals surface area contributed by atoms with E-state index in [1.54, 1.807) is 49.4 Å². The van der Waals surface area contributed by atoms with Crippen molar-refractivity contribution in [2.45, 2.75) is 11.8 Å². The van der Waals surface area contributed by atoms with Crippen molar-refractivity contribution in [2.24, 2.45) is 5.10 Å². The first-order chi connectivity index (χ1) is 13.0. The number of aromatic nitrogens is 1. The van der Waals surface area contributed by atoms with Gasteiger partial charge in [-0.25, -0.2) is 13.8 Å². The zero-order chi connectivity index (χ0) is 19.3. The van der Waals surface area contributed by atoms with Crippen molar-refractivity contribution in [3.05, 3.63) is 59.9 Å². The van der Waals surface area contributed by atoms with E-state index in [2.05, 4.69) is 15.5 Å². The zero-order valence-electron chi connectivity index (χ0n) is 14.8. The normalized spacial score (nSPS) is 16.1. The number of morpholine rings is 1. The van der Waals surface area contributed by atoms with Crippen molar-refractivity contribution in [3.63, 3.8) is 0 Å². The first kappa shape index (κ1) is 19.2. The van der Waals surface area contributed by atoms with Gasteiger partial charge < -0.3 is 4.74 Å². The standard InChI is InChI=1S/C18H20N4O4S/c1-14(20-21-18(23)17-4-2-3-9-19-17)15-5-7-16(8-6-15)27(24,25)22-10-12-26-13-11-22/h2-9H,10-13H2,1H3,(H,21,23)/b20-14+. The Kier molecular flexibility index (Phi) is 5.94. The van der Waals surface area contributed by atoms with Gasteiger partial charge in [-0.3, -0.25) is 9.78 Å². The highest BCUT2D eigenvalue weighted by Crippen LogP contribution is 2.18. The van der Waals surface area contributed by atoms with Gasteiger partial charge >= 0.3 is 0 Å². The number of amides is 1. The summed E-state index contributed by atoms with van der Waals surface area (Å²) >= 11 is 0. The highest BCUT2D eigenvalue weighted by atomic mass is 32.2. The second-order valence-electron chi connectivity index (χ2n) is 5.89. The number of benzene rings is 1. The fourth-order valence-corrected chi connectivity index (χ4v) is 3.97. The third-order valence-corrected chi connectivity index (χ3v) is 6.02. The predicted octanol–water partition coefficient (Wildman–Crippen LogP) is 1.26. The summed E-state index contributed by atoms with van der Waals surface area (Å²) < 4.78 is 31.8. The number of sulfonamides is 1. The maximum atomic E-state index is 12.6. The lowest BCUT2D eigenvalue weighted by Crippen LogP contribution is -2.40. The monoisotopic (exact) mass is 388 g/mol. The largest absolute Gasteiger partial charge is 0.379 e. The molecule has 1 aromatic heterocycles. The Labute approximate surface area is 157 Å². The lowest BCUT2D eigenvalue weighted by molar-refractivity contribution is 0.0730. The fourth-order valence-electron chi connectivity index (χ4n) is 2.56. The molecule has 1 amide bonds. The summed E-state index contributed by atoms with van der Waals surface area (Å²) in [6.07, 6.45) is 1.53. The Balaban J connectivity index is 1.70. The maximum absolute atomic E-state index is 12.6. The number of hydrogen-bond acceptors (Lipinski definition) is 6. The molecule has 1 aromatic carbocycles. The summed E-state index contributed by atoms with van der Waals surface area (Å²) in [7, 11) is -3.53. The van der Waals surface area contributed by atoms with Crippen molar-refractivity contribution in [2.75, 3.05) is 26.3 Å². The van der Waals surface area contributed by atoms with Crippen LogP contribution in [0.4, 0.5) is 0 Å². The van der Waals surface area contributed by atoms with Crippen molar-refractivity contribution in [1.82, 2.24) is 14.7 Å². The van der Waals surface area contributed by atoms with Crippen LogP contribution in [0.5, 0.6) is 0 Å². The molecule has 27 heavy (non-hydrogen) atoms. The average Bonchev–Trinajstić information content (AvgIpc) is 2.73. The number of nitrogens with zero attached hydrogens (tertiary/aromatic N) is 3. The van der Waals surface area contributed by atoms with Gasteiger partial charge in [-0.1, -0.05) is 18.2 Å². The van der Waals surface area contributed by atoms with Gasteiger partial charge in [-0.15, -0.1) is 0 Å². The van der Waals surface area contributed by atoms with E-state index in [9.17, 15) is 13.2 Å². The average molecular weight is 388 g/mol. The van der Waals surface area contributed by atoms with Crippen LogP contribution in [0.25, 0.3) is 0 Å². The molecule has 0 aliphatic carbocycles. The summed E-state index contributed by atoms with van der Waals surface area (Å²) in [5, 5.41) is 4.05. The van der Waals surface area contributed by atoms with Crippen LogP contribution in [0.1, 0.15) is 23.0 Å². The van der Waals surface area contributed by atoms with Crippen LogP contribution in [-0.4, -0.2) is 55.6 Å². The molecule has 1 N–H and O–H groups in total. The minimum Gasteiger partial charge on any atom is -0.379 e. The van der Waals surface area contributed by atoms with Crippen LogP contribution in [0.15, 0.2) is 58.7 Å². The van der Waals surface area contributed by atoms with Gasteiger partial charge in [0.15, 0.2) is 0 Å². The van der Waals surface area contributed by atoms with Crippen molar-refractivity contribution in [1.29, 1.82) is 0 Å². The number of carbonyl (C=O) groups excluding carboxylic acids is 1. The fraction of sp³-hybridized carbons (Fsp3) is 0.278. The molecular weight excluding hydrogens is 368 g/mol. The van der Waals surface area contributed by atoms with Crippen molar-refractivity contribution in [3.8, 4) is 0 Å². The van der Waals surface area contributed by atoms with E-state index in [-0.39, 0.29) is 10.6 Å². The lowest BCUT2D eigenvalue weighted by Gasteiger charge is -2.26. The minimum atomic E-state index is -3.53. The first-order valence-electron chi connectivity index (χ1n) is 8.42. The summed E-state index contributed by atoms with van der Waals surface area (Å²) in [6.45, 7) is 3.23. The molecule has 1 aliphatic heterocycles. The van der Waals surface area contributed by atoms with Gasteiger partial charge in [0, 0.05) is 19.3 Å². The molecule has 0 spiro atoms. The van der Waals surface area contributed by atoms with Crippen LogP contribution >= 0.6 is 0 Å². The number of pyridine rings is 1. The summed E-state index contributed by atoms with van der Waals surface area (Å²) in [6, 6.07) is 11.4. The molecule has 9 heteroatoms. The van der Waals surface area contributed by atoms with Crippen LogP contribution in [0.3, 0.4) is 0 Å². The number of ether oxygens (including phenoxy) is 1. The number of nitrogens with one attached hydrogen (secondary N) is 1.